The average molecular weight is 291 g/mol. The van der Waals surface area contributed by atoms with Gasteiger partial charge in [-0.25, -0.2) is 0 Å². The molecule has 0 aliphatic carbocycles. The molecule has 0 fully saturated rings. The van der Waals surface area contributed by atoms with E-state index < -0.39 is 0 Å². The van der Waals surface area contributed by atoms with Crippen LogP contribution in [0.1, 0.15) is 32.1 Å². The molecule has 0 bridgehead atoms. The molecule has 21 heavy (non-hydrogen) atoms. The van der Waals surface area contributed by atoms with Gasteiger partial charge in [-0.1, -0.05) is 25.1 Å². The highest BCUT2D eigenvalue weighted by Crippen LogP contribution is 2.26. The van der Waals surface area contributed by atoms with E-state index in [4.69, 9.17) is 13.9 Å². The lowest BCUT2D eigenvalue weighted by atomic mass is 10.1. The highest BCUT2D eigenvalue weighted by Gasteiger charge is 2.14. The van der Waals surface area contributed by atoms with Crippen LogP contribution in [-0.2, 0) is 22.6 Å². The lowest BCUT2D eigenvalue weighted by molar-refractivity contribution is -0.0169. The minimum absolute atomic E-state index is 0.0603. The van der Waals surface area contributed by atoms with Gasteiger partial charge in [0.1, 0.15) is 18.0 Å². The zero-order valence-corrected chi connectivity index (χ0v) is 13.1. The number of ether oxygens (including phenoxy) is 2. The maximum absolute atomic E-state index is 5.95. The molecule has 0 aliphatic heterocycles. The number of nitrogens with one attached hydrogen (secondary N) is 1. The molecule has 0 saturated carbocycles. The van der Waals surface area contributed by atoms with E-state index in [0.29, 0.717) is 19.8 Å². The maximum Gasteiger partial charge on any atom is 0.135 e. The van der Waals surface area contributed by atoms with Crippen LogP contribution in [0.2, 0.25) is 0 Å². The van der Waals surface area contributed by atoms with Crippen LogP contribution in [-0.4, -0.2) is 25.9 Å². The summed E-state index contributed by atoms with van der Waals surface area (Å²) in [5.74, 6) is 0.903. The van der Waals surface area contributed by atoms with Crippen LogP contribution >= 0.6 is 0 Å². The second-order valence-electron chi connectivity index (χ2n) is 5.06. The number of benzene rings is 1. The van der Waals surface area contributed by atoms with Gasteiger partial charge in [-0.3, -0.25) is 0 Å². The van der Waals surface area contributed by atoms with Crippen LogP contribution in [0.15, 0.2) is 28.7 Å². The molecule has 4 heteroatoms. The van der Waals surface area contributed by atoms with Crippen LogP contribution < -0.4 is 5.32 Å². The summed E-state index contributed by atoms with van der Waals surface area (Å²) in [6.07, 6.45) is 0.0603. The van der Waals surface area contributed by atoms with Crippen LogP contribution in [0, 0.1) is 0 Å². The van der Waals surface area contributed by atoms with E-state index >= 15 is 0 Å². The molecule has 1 N–H and O–H groups in total. The molecule has 0 spiro atoms. The Morgan fingerprint density at radius 1 is 1.24 bits per heavy atom. The summed E-state index contributed by atoms with van der Waals surface area (Å²) in [4.78, 5) is 0. The third kappa shape index (κ3) is 4.30. The number of hydrogen-bond donors (Lipinski definition) is 1. The predicted octanol–water partition coefficient (Wildman–Crippen LogP) is 3.48. The van der Waals surface area contributed by atoms with Gasteiger partial charge in [0.05, 0.1) is 12.7 Å². The molecule has 1 atom stereocenters. The van der Waals surface area contributed by atoms with Crippen molar-refractivity contribution >= 4 is 11.0 Å². The van der Waals surface area contributed by atoms with Crippen molar-refractivity contribution in [2.24, 2.45) is 0 Å². The summed E-state index contributed by atoms with van der Waals surface area (Å²) >= 11 is 0. The minimum Gasteiger partial charge on any atom is -0.458 e. The van der Waals surface area contributed by atoms with E-state index in [1.165, 1.54) is 5.56 Å². The summed E-state index contributed by atoms with van der Waals surface area (Å²) in [6.45, 7) is 9.63. The second-order valence-corrected chi connectivity index (χ2v) is 5.06. The Kier molecular flexibility index (Phi) is 6.23. The van der Waals surface area contributed by atoms with Crippen molar-refractivity contribution in [3.8, 4) is 0 Å². The Bertz CT molecular complexity index is 550. The van der Waals surface area contributed by atoms with Crippen molar-refractivity contribution in [1.29, 1.82) is 0 Å². The van der Waals surface area contributed by atoms with E-state index in [1.54, 1.807) is 0 Å². The van der Waals surface area contributed by atoms with Gasteiger partial charge in [0, 0.05) is 24.1 Å². The van der Waals surface area contributed by atoms with Gasteiger partial charge < -0.3 is 19.2 Å². The summed E-state index contributed by atoms with van der Waals surface area (Å²) < 4.78 is 17.1. The smallest absolute Gasteiger partial charge is 0.135 e. The Morgan fingerprint density at radius 2 is 2.05 bits per heavy atom. The fourth-order valence-electron chi connectivity index (χ4n) is 2.26. The van der Waals surface area contributed by atoms with Crippen molar-refractivity contribution in [1.82, 2.24) is 5.32 Å². The molecule has 1 aromatic heterocycles. The third-order valence-corrected chi connectivity index (χ3v) is 3.39. The fourth-order valence-corrected chi connectivity index (χ4v) is 2.26. The van der Waals surface area contributed by atoms with Crippen LogP contribution in [0.3, 0.4) is 0 Å². The zero-order chi connectivity index (χ0) is 15.1. The quantitative estimate of drug-likeness (QED) is 0.768. The van der Waals surface area contributed by atoms with Gasteiger partial charge in [0.2, 0.25) is 0 Å². The molecule has 0 aliphatic rings. The SMILES string of the molecule is CCNCc1c(COC(C)COCC)oc2ccccc12. The Hall–Kier alpha value is -1.36. The number of para-hydroxylation sites is 1. The molecule has 0 radical (unpaired) electrons. The van der Waals surface area contributed by atoms with Crippen molar-refractivity contribution < 1.29 is 13.9 Å². The second kappa shape index (κ2) is 8.17. The zero-order valence-electron chi connectivity index (χ0n) is 13.1. The normalized spacial score (nSPS) is 12.9. The third-order valence-electron chi connectivity index (χ3n) is 3.39. The van der Waals surface area contributed by atoms with Crippen molar-refractivity contribution in [2.75, 3.05) is 19.8 Å². The van der Waals surface area contributed by atoms with Crippen molar-refractivity contribution in [3.05, 3.63) is 35.6 Å². The molecule has 2 aromatic rings. The molecule has 0 saturated heterocycles. The molecular formula is C17H25NO3. The first-order valence-corrected chi connectivity index (χ1v) is 7.65. The molecule has 0 amide bonds. The van der Waals surface area contributed by atoms with Crippen LogP contribution in [0.4, 0.5) is 0 Å². The highest BCUT2D eigenvalue weighted by molar-refractivity contribution is 5.82. The summed E-state index contributed by atoms with van der Waals surface area (Å²) in [6, 6.07) is 8.12. The van der Waals surface area contributed by atoms with Crippen molar-refractivity contribution in [3.63, 3.8) is 0 Å². The number of rotatable bonds is 9. The van der Waals surface area contributed by atoms with Crippen molar-refractivity contribution in [2.45, 2.75) is 40.0 Å². The minimum atomic E-state index is 0.0603. The summed E-state index contributed by atoms with van der Waals surface area (Å²) in [7, 11) is 0. The summed E-state index contributed by atoms with van der Waals surface area (Å²) in [5, 5.41) is 4.53. The lowest BCUT2D eigenvalue weighted by Gasteiger charge is -2.12. The molecule has 1 heterocycles. The number of fused-ring (bicyclic) bond motifs is 1. The maximum atomic E-state index is 5.95. The lowest BCUT2D eigenvalue weighted by Crippen LogP contribution is -2.17. The first-order valence-electron chi connectivity index (χ1n) is 7.65. The topological polar surface area (TPSA) is 43.6 Å². The molecule has 116 valence electrons. The van der Waals surface area contributed by atoms with Gasteiger partial charge in [-0.15, -0.1) is 0 Å². The number of hydrogen-bond acceptors (Lipinski definition) is 4. The predicted molar refractivity (Wildman–Crippen MR) is 84.3 cm³/mol. The molecule has 1 aromatic carbocycles. The van der Waals surface area contributed by atoms with E-state index in [-0.39, 0.29) is 6.10 Å². The van der Waals surface area contributed by atoms with Gasteiger partial charge in [0.25, 0.3) is 0 Å². The van der Waals surface area contributed by atoms with Crippen LogP contribution in [0.5, 0.6) is 0 Å². The molecular weight excluding hydrogens is 266 g/mol. The van der Waals surface area contributed by atoms with Gasteiger partial charge in [-0.05, 0) is 26.5 Å². The fraction of sp³-hybridized carbons (Fsp3) is 0.529. The Morgan fingerprint density at radius 3 is 2.81 bits per heavy atom. The van der Waals surface area contributed by atoms with Gasteiger partial charge in [0.15, 0.2) is 0 Å². The van der Waals surface area contributed by atoms with Gasteiger partial charge in [-0.2, -0.15) is 0 Å². The molecule has 4 nitrogen and oxygen atoms in total. The van der Waals surface area contributed by atoms with E-state index in [0.717, 1.165) is 29.8 Å². The molecule has 2 rings (SSSR count). The van der Waals surface area contributed by atoms with Gasteiger partial charge >= 0.3 is 0 Å². The first kappa shape index (κ1) is 16.0. The average Bonchev–Trinajstić information content (AvgIpc) is 2.86. The summed E-state index contributed by atoms with van der Waals surface area (Å²) in [5.41, 5.74) is 2.11. The Labute approximate surface area is 126 Å². The van der Waals surface area contributed by atoms with Crippen LogP contribution in [0.25, 0.3) is 11.0 Å². The molecule has 1 unspecified atom stereocenters. The number of furan rings is 1. The van der Waals surface area contributed by atoms with E-state index in [9.17, 15) is 0 Å². The monoisotopic (exact) mass is 291 g/mol. The largest absolute Gasteiger partial charge is 0.458 e. The van der Waals surface area contributed by atoms with E-state index in [2.05, 4.69) is 18.3 Å². The highest BCUT2D eigenvalue weighted by atomic mass is 16.5. The first-order chi connectivity index (χ1) is 10.3. The Balaban J connectivity index is 2.10. The standard InChI is InChI=1S/C17H25NO3/c1-4-18-10-15-14-8-6-7-9-16(14)21-17(15)12-20-13(3)11-19-5-2/h6-9,13,18H,4-5,10-12H2,1-3H3. The van der Waals surface area contributed by atoms with E-state index in [1.807, 2.05) is 32.0 Å².